The summed E-state index contributed by atoms with van der Waals surface area (Å²) in [6, 6.07) is 20.8. The number of carbonyl (C=O) groups is 1. The number of aromatic nitrogens is 1. The van der Waals surface area contributed by atoms with Crippen molar-refractivity contribution in [3.8, 4) is 5.69 Å². The summed E-state index contributed by atoms with van der Waals surface area (Å²) in [7, 11) is -4.01. The molecule has 4 aromatic rings. The lowest BCUT2D eigenvalue weighted by Gasteiger charge is -2.24. The summed E-state index contributed by atoms with van der Waals surface area (Å²) in [6.45, 7) is 7.18. The van der Waals surface area contributed by atoms with Gasteiger partial charge in [-0.15, -0.1) is 0 Å². The second-order valence-corrected chi connectivity index (χ2v) is 11.9. The molecule has 1 amide bonds. The van der Waals surface area contributed by atoms with E-state index in [-0.39, 0.29) is 4.90 Å². The van der Waals surface area contributed by atoms with E-state index in [0.717, 1.165) is 38.1 Å². The molecule has 7 nitrogen and oxygen atoms in total. The standard InChI is InChI=1S/C29H28Cl2N4O3S/c1-19-12-20(2)14-25(13-19)34(39(37,38)26-8-6-5-7-9-26)18-29(36)33-32-17-23-15-21(3)35(22(23)4)24-10-11-27(30)28(31)16-24/h5-17H,18H2,1-4H3,(H,33,36)/b32-17-. The summed E-state index contributed by atoms with van der Waals surface area (Å²) in [6.07, 6.45) is 1.53. The predicted molar refractivity (Wildman–Crippen MR) is 158 cm³/mol. The van der Waals surface area contributed by atoms with Crippen LogP contribution in [0, 0.1) is 27.7 Å². The number of hydrogen-bond acceptors (Lipinski definition) is 4. The minimum absolute atomic E-state index is 0.0928. The molecule has 39 heavy (non-hydrogen) atoms. The first kappa shape index (κ1) is 28.4. The number of rotatable bonds is 8. The monoisotopic (exact) mass is 582 g/mol. The summed E-state index contributed by atoms with van der Waals surface area (Å²) in [5.74, 6) is -0.580. The summed E-state index contributed by atoms with van der Waals surface area (Å²) >= 11 is 12.3. The van der Waals surface area contributed by atoms with Gasteiger partial charge in [-0.3, -0.25) is 9.10 Å². The number of sulfonamides is 1. The topological polar surface area (TPSA) is 83.8 Å². The minimum Gasteiger partial charge on any atom is -0.318 e. The maximum atomic E-state index is 13.5. The molecule has 0 bridgehead atoms. The van der Waals surface area contributed by atoms with Crippen LogP contribution in [0.3, 0.4) is 0 Å². The SMILES string of the molecule is Cc1cc(C)cc(N(CC(=O)N/N=C\c2cc(C)n(-c3ccc(Cl)c(Cl)c3)c2C)S(=O)(=O)c2ccccc2)c1. The van der Waals surface area contributed by atoms with Crippen molar-refractivity contribution < 1.29 is 13.2 Å². The Morgan fingerprint density at radius 1 is 0.923 bits per heavy atom. The number of nitrogens with zero attached hydrogens (tertiary/aromatic N) is 3. The summed E-state index contributed by atoms with van der Waals surface area (Å²) < 4.78 is 30.2. The van der Waals surface area contributed by atoms with E-state index in [1.54, 1.807) is 42.5 Å². The molecule has 1 N–H and O–H groups in total. The smallest absolute Gasteiger partial charge is 0.264 e. The third kappa shape index (κ3) is 6.36. The maximum absolute atomic E-state index is 13.5. The number of amides is 1. The molecule has 202 valence electrons. The van der Waals surface area contributed by atoms with Crippen molar-refractivity contribution in [1.29, 1.82) is 0 Å². The van der Waals surface area contributed by atoms with Crippen LogP contribution in [0.5, 0.6) is 0 Å². The molecule has 0 aliphatic carbocycles. The van der Waals surface area contributed by atoms with Crippen LogP contribution in [0.2, 0.25) is 10.0 Å². The molecule has 0 spiro atoms. The molecule has 0 fully saturated rings. The van der Waals surface area contributed by atoms with Crippen molar-refractivity contribution in [2.45, 2.75) is 32.6 Å². The van der Waals surface area contributed by atoms with Gasteiger partial charge in [0.05, 0.1) is 26.8 Å². The van der Waals surface area contributed by atoms with Gasteiger partial charge in [0.25, 0.3) is 15.9 Å². The van der Waals surface area contributed by atoms with Crippen molar-refractivity contribution in [2.24, 2.45) is 5.10 Å². The van der Waals surface area contributed by atoms with Crippen LogP contribution in [0.25, 0.3) is 5.69 Å². The third-order valence-corrected chi connectivity index (χ3v) is 8.66. The second-order valence-electron chi connectivity index (χ2n) is 9.22. The average Bonchev–Trinajstić information content (AvgIpc) is 3.16. The number of carbonyl (C=O) groups excluding carboxylic acids is 1. The summed E-state index contributed by atoms with van der Waals surface area (Å²) in [5.41, 5.74) is 8.09. The highest BCUT2D eigenvalue weighted by Gasteiger charge is 2.27. The van der Waals surface area contributed by atoms with Gasteiger partial charge in [-0.2, -0.15) is 5.10 Å². The number of hydrogen-bond donors (Lipinski definition) is 1. The number of anilines is 1. The van der Waals surface area contributed by atoms with Crippen LogP contribution >= 0.6 is 23.2 Å². The van der Waals surface area contributed by atoms with Crippen LogP contribution < -0.4 is 9.73 Å². The van der Waals surface area contributed by atoms with E-state index in [2.05, 4.69) is 10.5 Å². The van der Waals surface area contributed by atoms with Crippen LogP contribution in [0.4, 0.5) is 5.69 Å². The van der Waals surface area contributed by atoms with Gasteiger partial charge in [-0.05, 0) is 87.4 Å². The number of aryl methyl sites for hydroxylation is 3. The Bertz CT molecular complexity index is 1650. The van der Waals surface area contributed by atoms with Gasteiger partial charge in [-0.25, -0.2) is 13.8 Å². The molecule has 0 atom stereocenters. The molecule has 0 saturated carbocycles. The summed E-state index contributed by atoms with van der Waals surface area (Å²) in [4.78, 5) is 13.0. The first-order chi connectivity index (χ1) is 18.5. The molecule has 1 heterocycles. The Morgan fingerprint density at radius 2 is 1.59 bits per heavy atom. The van der Waals surface area contributed by atoms with E-state index in [4.69, 9.17) is 23.2 Å². The molecule has 0 aliphatic rings. The highest BCUT2D eigenvalue weighted by Crippen LogP contribution is 2.28. The van der Waals surface area contributed by atoms with Gasteiger partial charge in [0.15, 0.2) is 0 Å². The van der Waals surface area contributed by atoms with Gasteiger partial charge >= 0.3 is 0 Å². The zero-order valence-electron chi connectivity index (χ0n) is 21.9. The van der Waals surface area contributed by atoms with Crippen LogP contribution in [-0.4, -0.2) is 31.7 Å². The predicted octanol–water partition coefficient (Wildman–Crippen LogP) is 6.36. The van der Waals surface area contributed by atoms with E-state index >= 15 is 0 Å². The fourth-order valence-corrected chi connectivity index (χ4v) is 6.13. The lowest BCUT2D eigenvalue weighted by atomic mass is 10.1. The molecule has 0 aliphatic heterocycles. The number of nitrogens with one attached hydrogen (secondary N) is 1. The largest absolute Gasteiger partial charge is 0.318 e. The van der Waals surface area contributed by atoms with E-state index in [9.17, 15) is 13.2 Å². The molecular formula is C29H28Cl2N4O3S. The van der Waals surface area contributed by atoms with Crippen LogP contribution in [0.1, 0.15) is 28.1 Å². The normalized spacial score (nSPS) is 11.6. The average molecular weight is 584 g/mol. The lowest BCUT2D eigenvalue weighted by molar-refractivity contribution is -0.119. The number of halogens is 2. The summed E-state index contributed by atoms with van der Waals surface area (Å²) in [5, 5.41) is 5.03. The molecule has 0 unspecified atom stereocenters. The highest BCUT2D eigenvalue weighted by atomic mass is 35.5. The first-order valence-electron chi connectivity index (χ1n) is 12.1. The Hall–Kier alpha value is -3.59. The molecule has 3 aromatic carbocycles. The van der Waals surface area contributed by atoms with Gasteiger partial charge in [-0.1, -0.05) is 47.5 Å². The second kappa shape index (κ2) is 11.7. The van der Waals surface area contributed by atoms with Crippen molar-refractivity contribution in [3.05, 3.63) is 111 Å². The molecule has 1 aromatic heterocycles. The van der Waals surface area contributed by atoms with Crippen molar-refractivity contribution >= 4 is 51.0 Å². The Labute approximate surface area is 238 Å². The Kier molecular flexibility index (Phi) is 8.49. The van der Waals surface area contributed by atoms with Gasteiger partial charge in [0, 0.05) is 22.6 Å². The number of hydrazone groups is 1. The molecule has 10 heteroatoms. The Morgan fingerprint density at radius 3 is 2.23 bits per heavy atom. The van der Waals surface area contributed by atoms with Crippen LogP contribution in [0.15, 0.2) is 82.8 Å². The van der Waals surface area contributed by atoms with Gasteiger partial charge < -0.3 is 4.57 Å². The molecule has 0 radical (unpaired) electrons. The zero-order chi connectivity index (χ0) is 28.3. The van der Waals surface area contributed by atoms with Crippen molar-refractivity contribution in [2.75, 3.05) is 10.8 Å². The Balaban J connectivity index is 1.57. The van der Waals surface area contributed by atoms with E-state index < -0.39 is 22.5 Å². The molecular weight excluding hydrogens is 555 g/mol. The molecule has 0 saturated heterocycles. The fraction of sp³-hybridized carbons (Fsp3) is 0.172. The van der Waals surface area contributed by atoms with Crippen molar-refractivity contribution in [1.82, 2.24) is 9.99 Å². The van der Waals surface area contributed by atoms with Crippen LogP contribution in [-0.2, 0) is 14.8 Å². The number of benzene rings is 3. The minimum atomic E-state index is -4.01. The van der Waals surface area contributed by atoms with E-state index in [0.29, 0.717) is 15.7 Å². The quantitative estimate of drug-likeness (QED) is 0.194. The van der Waals surface area contributed by atoms with Gasteiger partial charge in [0.2, 0.25) is 0 Å². The lowest BCUT2D eigenvalue weighted by Crippen LogP contribution is -2.39. The maximum Gasteiger partial charge on any atom is 0.264 e. The van der Waals surface area contributed by atoms with Gasteiger partial charge in [0.1, 0.15) is 6.54 Å². The van der Waals surface area contributed by atoms with E-state index in [1.807, 2.05) is 50.5 Å². The highest BCUT2D eigenvalue weighted by molar-refractivity contribution is 7.92. The van der Waals surface area contributed by atoms with Crippen molar-refractivity contribution in [3.63, 3.8) is 0 Å². The zero-order valence-corrected chi connectivity index (χ0v) is 24.3. The molecule has 4 rings (SSSR count). The fourth-order valence-electron chi connectivity index (χ4n) is 4.41. The third-order valence-electron chi connectivity index (χ3n) is 6.14. The first-order valence-corrected chi connectivity index (χ1v) is 14.3. The van der Waals surface area contributed by atoms with E-state index in [1.165, 1.54) is 18.3 Å².